The fourth-order valence-electron chi connectivity index (χ4n) is 1.28. The molecule has 0 unspecified atom stereocenters. The Bertz CT molecular complexity index is 499. The molecule has 0 aromatic carbocycles. The lowest BCUT2D eigenvalue weighted by Crippen LogP contribution is -2.12. The molecule has 94 valence electrons. The largest absolute Gasteiger partial charge is 0.476 e. The van der Waals surface area contributed by atoms with Gasteiger partial charge in [0.05, 0.1) is 11.4 Å². The van der Waals surface area contributed by atoms with Gasteiger partial charge in [-0.2, -0.15) is 0 Å². The molecule has 1 rings (SSSR count). The highest BCUT2D eigenvalue weighted by atomic mass is 32.2. The van der Waals surface area contributed by atoms with Crippen LogP contribution in [-0.2, 0) is 9.84 Å². The first-order valence-electron chi connectivity index (χ1n) is 5.00. The summed E-state index contributed by atoms with van der Waals surface area (Å²) in [6.45, 7) is 0.388. The molecule has 0 saturated heterocycles. The second-order valence-corrected chi connectivity index (χ2v) is 5.87. The maximum Gasteiger partial charge on any atom is 0.356 e. The van der Waals surface area contributed by atoms with Gasteiger partial charge in [-0.15, -0.1) is 0 Å². The number of sulfone groups is 1. The van der Waals surface area contributed by atoms with E-state index in [9.17, 15) is 13.2 Å². The Labute approximate surface area is 99.6 Å². The van der Waals surface area contributed by atoms with E-state index in [1.165, 1.54) is 12.5 Å². The maximum absolute atomic E-state index is 10.9. The molecule has 0 atom stereocenters. The lowest BCUT2D eigenvalue weighted by atomic mass is 10.3. The number of nitrogens with zero attached hydrogens (tertiary/aromatic N) is 1. The standard InChI is InChI=1S/C10H14N2O4S/c1-17(15,16)7-3-6-11-8-4-2-5-12-9(8)10(13)14/h2,4-5,11H,3,6-7H2,1H3,(H,13,14). The Morgan fingerprint density at radius 1 is 1.53 bits per heavy atom. The minimum absolute atomic E-state index is 0.0631. The molecule has 0 aliphatic rings. The molecule has 6 nitrogen and oxygen atoms in total. The zero-order valence-corrected chi connectivity index (χ0v) is 10.2. The number of carbonyl (C=O) groups is 1. The average molecular weight is 258 g/mol. The highest BCUT2D eigenvalue weighted by molar-refractivity contribution is 7.90. The molecule has 0 bridgehead atoms. The summed E-state index contributed by atoms with van der Waals surface area (Å²) in [4.78, 5) is 14.5. The predicted octanol–water partition coefficient (Wildman–Crippen LogP) is 0.626. The normalized spacial score (nSPS) is 11.1. The number of anilines is 1. The third-order valence-electron chi connectivity index (χ3n) is 2.02. The van der Waals surface area contributed by atoms with E-state index in [0.29, 0.717) is 18.7 Å². The van der Waals surface area contributed by atoms with Gasteiger partial charge in [0, 0.05) is 19.0 Å². The molecule has 0 fully saturated rings. The molecule has 0 spiro atoms. The summed E-state index contributed by atoms with van der Waals surface area (Å²) in [6, 6.07) is 3.21. The number of carboxylic acid groups (broad SMARTS) is 1. The van der Waals surface area contributed by atoms with Gasteiger partial charge >= 0.3 is 5.97 Å². The SMILES string of the molecule is CS(=O)(=O)CCCNc1cccnc1C(=O)O. The molecule has 0 aliphatic carbocycles. The van der Waals surface area contributed by atoms with Gasteiger partial charge in [-0.05, 0) is 18.6 Å². The summed E-state index contributed by atoms with van der Waals surface area (Å²) in [7, 11) is -2.98. The van der Waals surface area contributed by atoms with Gasteiger partial charge in [-0.1, -0.05) is 0 Å². The van der Waals surface area contributed by atoms with E-state index in [1.807, 2.05) is 0 Å². The van der Waals surface area contributed by atoms with Crippen LogP contribution in [0.2, 0.25) is 0 Å². The molecule has 0 aliphatic heterocycles. The number of nitrogens with one attached hydrogen (secondary N) is 1. The minimum atomic E-state index is -2.98. The van der Waals surface area contributed by atoms with E-state index in [4.69, 9.17) is 5.11 Å². The summed E-state index contributed by atoms with van der Waals surface area (Å²) in [6.07, 6.45) is 2.98. The monoisotopic (exact) mass is 258 g/mol. The number of aromatic carboxylic acids is 1. The van der Waals surface area contributed by atoms with Crippen LogP contribution >= 0.6 is 0 Å². The Balaban J connectivity index is 2.55. The third-order valence-corrected chi connectivity index (χ3v) is 3.05. The van der Waals surface area contributed by atoms with Crippen LogP contribution < -0.4 is 5.32 Å². The topological polar surface area (TPSA) is 96.4 Å². The zero-order chi connectivity index (χ0) is 12.9. The lowest BCUT2D eigenvalue weighted by molar-refractivity contribution is 0.0691. The number of aromatic nitrogens is 1. The van der Waals surface area contributed by atoms with Gasteiger partial charge < -0.3 is 10.4 Å². The van der Waals surface area contributed by atoms with Crippen LogP contribution in [0.25, 0.3) is 0 Å². The summed E-state index contributed by atoms with van der Waals surface area (Å²) < 4.78 is 21.8. The first-order chi connectivity index (χ1) is 7.90. The number of rotatable bonds is 6. The van der Waals surface area contributed by atoms with Crippen LogP contribution in [0.4, 0.5) is 5.69 Å². The average Bonchev–Trinajstić information content (AvgIpc) is 2.23. The van der Waals surface area contributed by atoms with Crippen LogP contribution in [0.5, 0.6) is 0 Å². The molecular formula is C10H14N2O4S. The second-order valence-electron chi connectivity index (χ2n) is 3.61. The van der Waals surface area contributed by atoms with Crippen LogP contribution in [0.15, 0.2) is 18.3 Å². The number of hydrogen-bond acceptors (Lipinski definition) is 5. The van der Waals surface area contributed by atoms with E-state index in [1.54, 1.807) is 12.1 Å². The molecule has 0 saturated carbocycles. The zero-order valence-electron chi connectivity index (χ0n) is 9.38. The Kier molecular flexibility index (Phi) is 4.45. The molecule has 1 aromatic heterocycles. The molecule has 1 heterocycles. The van der Waals surface area contributed by atoms with Crippen molar-refractivity contribution in [3.05, 3.63) is 24.0 Å². The van der Waals surface area contributed by atoms with Gasteiger partial charge in [-0.3, -0.25) is 0 Å². The Morgan fingerprint density at radius 2 is 2.24 bits per heavy atom. The molecule has 2 N–H and O–H groups in total. The van der Waals surface area contributed by atoms with Crippen LogP contribution in [0.1, 0.15) is 16.9 Å². The van der Waals surface area contributed by atoms with E-state index >= 15 is 0 Å². The molecule has 7 heteroatoms. The van der Waals surface area contributed by atoms with E-state index in [-0.39, 0.29) is 11.4 Å². The van der Waals surface area contributed by atoms with Crippen molar-refractivity contribution < 1.29 is 18.3 Å². The van der Waals surface area contributed by atoms with Gasteiger partial charge in [0.2, 0.25) is 0 Å². The van der Waals surface area contributed by atoms with Crippen molar-refractivity contribution in [3.8, 4) is 0 Å². The summed E-state index contributed by atoms with van der Waals surface area (Å²) in [5.74, 6) is -1.04. The summed E-state index contributed by atoms with van der Waals surface area (Å²) in [5.41, 5.74) is 0.334. The molecule has 17 heavy (non-hydrogen) atoms. The first-order valence-corrected chi connectivity index (χ1v) is 7.06. The van der Waals surface area contributed by atoms with Gasteiger partial charge in [0.15, 0.2) is 5.69 Å². The van der Waals surface area contributed by atoms with E-state index in [2.05, 4.69) is 10.3 Å². The van der Waals surface area contributed by atoms with Crippen molar-refractivity contribution in [1.29, 1.82) is 0 Å². The van der Waals surface area contributed by atoms with Gasteiger partial charge in [0.25, 0.3) is 0 Å². The third kappa shape index (κ3) is 4.81. The fraction of sp³-hybridized carbons (Fsp3) is 0.400. The summed E-state index contributed by atoms with van der Waals surface area (Å²) in [5, 5.41) is 11.7. The molecule has 0 radical (unpaired) electrons. The first kappa shape index (κ1) is 13.4. The van der Waals surface area contributed by atoms with Crippen molar-refractivity contribution in [2.24, 2.45) is 0 Å². The van der Waals surface area contributed by atoms with Crippen LogP contribution in [0, 0.1) is 0 Å². The molecule has 0 amide bonds. The van der Waals surface area contributed by atoms with E-state index in [0.717, 1.165) is 0 Å². The van der Waals surface area contributed by atoms with Gasteiger partial charge in [-0.25, -0.2) is 18.2 Å². The highest BCUT2D eigenvalue weighted by Gasteiger charge is 2.10. The highest BCUT2D eigenvalue weighted by Crippen LogP contribution is 2.11. The van der Waals surface area contributed by atoms with Crippen molar-refractivity contribution >= 4 is 21.5 Å². The molecular weight excluding hydrogens is 244 g/mol. The van der Waals surface area contributed by atoms with Crippen molar-refractivity contribution in [1.82, 2.24) is 4.98 Å². The minimum Gasteiger partial charge on any atom is -0.476 e. The number of pyridine rings is 1. The lowest BCUT2D eigenvalue weighted by Gasteiger charge is -2.07. The predicted molar refractivity (Wildman–Crippen MR) is 64.0 cm³/mol. The van der Waals surface area contributed by atoms with Crippen molar-refractivity contribution in [2.75, 3.05) is 23.9 Å². The number of carboxylic acids is 1. The van der Waals surface area contributed by atoms with Crippen LogP contribution in [0.3, 0.4) is 0 Å². The van der Waals surface area contributed by atoms with Crippen molar-refractivity contribution in [3.63, 3.8) is 0 Å². The van der Waals surface area contributed by atoms with Crippen LogP contribution in [-0.4, -0.2) is 43.0 Å². The quantitative estimate of drug-likeness (QED) is 0.726. The second kappa shape index (κ2) is 5.62. The van der Waals surface area contributed by atoms with Gasteiger partial charge in [0.1, 0.15) is 9.84 Å². The maximum atomic E-state index is 10.9. The van der Waals surface area contributed by atoms with Crippen molar-refractivity contribution in [2.45, 2.75) is 6.42 Å². The Morgan fingerprint density at radius 3 is 2.82 bits per heavy atom. The molecule has 1 aromatic rings. The summed E-state index contributed by atoms with van der Waals surface area (Å²) >= 11 is 0. The fourth-order valence-corrected chi connectivity index (χ4v) is 1.94. The Hall–Kier alpha value is -1.63. The smallest absolute Gasteiger partial charge is 0.356 e. The van der Waals surface area contributed by atoms with E-state index < -0.39 is 15.8 Å². The number of hydrogen-bond donors (Lipinski definition) is 2.